The molecule has 100 valence electrons. The van der Waals surface area contributed by atoms with Gasteiger partial charge < -0.3 is 4.74 Å². The van der Waals surface area contributed by atoms with Gasteiger partial charge in [-0.05, 0) is 25.7 Å². The van der Waals surface area contributed by atoms with Gasteiger partial charge in [-0.2, -0.15) is 8.42 Å². The van der Waals surface area contributed by atoms with Crippen molar-refractivity contribution in [2.45, 2.75) is 25.7 Å². The summed E-state index contributed by atoms with van der Waals surface area (Å²) in [5, 5.41) is 0. The van der Waals surface area contributed by atoms with Crippen LogP contribution in [0, 0.1) is 0 Å². The quantitative estimate of drug-likeness (QED) is 0.580. The molecule has 0 radical (unpaired) electrons. The Morgan fingerprint density at radius 3 is 2.67 bits per heavy atom. The SMILES string of the molecule is CS(=O)(=O)OCCOc1cnc2c(n1)CCCC2. The van der Waals surface area contributed by atoms with Crippen molar-refractivity contribution in [3.05, 3.63) is 17.6 Å². The first-order chi connectivity index (χ1) is 8.54. The minimum Gasteiger partial charge on any atom is -0.474 e. The molecule has 1 aliphatic carbocycles. The average Bonchev–Trinajstić information content (AvgIpc) is 2.33. The number of hydrogen-bond donors (Lipinski definition) is 0. The Balaban J connectivity index is 1.86. The van der Waals surface area contributed by atoms with Crippen molar-refractivity contribution in [1.29, 1.82) is 0 Å². The zero-order valence-corrected chi connectivity index (χ0v) is 11.1. The normalized spacial score (nSPS) is 15.2. The minimum absolute atomic E-state index is 0.0163. The molecule has 0 spiro atoms. The predicted octanol–water partition coefficient (Wildman–Crippen LogP) is 0.710. The van der Waals surface area contributed by atoms with Gasteiger partial charge in [0.15, 0.2) is 0 Å². The summed E-state index contributed by atoms with van der Waals surface area (Å²) in [5.41, 5.74) is 2.03. The van der Waals surface area contributed by atoms with Crippen molar-refractivity contribution in [2.75, 3.05) is 19.5 Å². The maximum Gasteiger partial charge on any atom is 0.264 e. The third kappa shape index (κ3) is 3.92. The van der Waals surface area contributed by atoms with Crippen LogP contribution in [0.2, 0.25) is 0 Å². The molecule has 1 heterocycles. The molecule has 0 aliphatic heterocycles. The van der Waals surface area contributed by atoms with Crippen LogP contribution < -0.4 is 4.74 Å². The molecule has 6 nitrogen and oxygen atoms in total. The molecule has 0 aromatic carbocycles. The lowest BCUT2D eigenvalue weighted by atomic mass is 10.0. The number of aromatic nitrogens is 2. The second-order valence-corrected chi connectivity index (χ2v) is 5.83. The molecule has 0 fully saturated rings. The average molecular weight is 272 g/mol. The highest BCUT2D eigenvalue weighted by Crippen LogP contribution is 2.19. The molecule has 0 saturated heterocycles. The maximum atomic E-state index is 10.7. The van der Waals surface area contributed by atoms with Gasteiger partial charge in [0.25, 0.3) is 10.1 Å². The van der Waals surface area contributed by atoms with E-state index in [0.29, 0.717) is 5.88 Å². The van der Waals surface area contributed by atoms with E-state index in [9.17, 15) is 8.42 Å². The van der Waals surface area contributed by atoms with Crippen molar-refractivity contribution in [3.63, 3.8) is 0 Å². The molecule has 18 heavy (non-hydrogen) atoms. The van der Waals surface area contributed by atoms with Crippen LogP contribution in [0.25, 0.3) is 0 Å². The van der Waals surface area contributed by atoms with Gasteiger partial charge in [0.05, 0.1) is 23.8 Å². The number of aryl methyl sites for hydroxylation is 2. The zero-order chi connectivity index (χ0) is 13.0. The van der Waals surface area contributed by atoms with Crippen molar-refractivity contribution >= 4 is 10.1 Å². The van der Waals surface area contributed by atoms with E-state index >= 15 is 0 Å². The fourth-order valence-electron chi connectivity index (χ4n) is 1.83. The van der Waals surface area contributed by atoms with E-state index in [1.165, 1.54) is 0 Å². The fourth-order valence-corrected chi connectivity index (χ4v) is 2.20. The van der Waals surface area contributed by atoms with Crippen LogP contribution in [0.1, 0.15) is 24.2 Å². The van der Waals surface area contributed by atoms with Crippen LogP contribution in [0.3, 0.4) is 0 Å². The molecule has 0 saturated carbocycles. The Hall–Kier alpha value is -1.21. The summed E-state index contributed by atoms with van der Waals surface area (Å²) in [4.78, 5) is 8.66. The Labute approximate surface area is 106 Å². The third-order valence-corrected chi connectivity index (χ3v) is 3.21. The topological polar surface area (TPSA) is 78.4 Å². The highest BCUT2D eigenvalue weighted by Gasteiger charge is 2.12. The van der Waals surface area contributed by atoms with Crippen LogP contribution in [0.5, 0.6) is 5.88 Å². The van der Waals surface area contributed by atoms with Gasteiger partial charge in [0, 0.05) is 0 Å². The van der Waals surface area contributed by atoms with E-state index in [2.05, 4.69) is 14.2 Å². The maximum absolute atomic E-state index is 10.7. The standard InChI is InChI=1S/C11H16N2O4S/c1-18(14,15)17-7-6-16-11-8-12-9-4-2-3-5-10(9)13-11/h8H,2-7H2,1H3. The summed E-state index contributed by atoms with van der Waals surface area (Å²) in [5.74, 6) is 0.424. The van der Waals surface area contributed by atoms with Crippen LogP contribution in [0.4, 0.5) is 0 Å². The van der Waals surface area contributed by atoms with Crippen molar-refractivity contribution in [3.8, 4) is 5.88 Å². The summed E-state index contributed by atoms with van der Waals surface area (Å²) < 4.78 is 31.3. The number of nitrogens with zero attached hydrogens (tertiary/aromatic N) is 2. The molecule has 1 aromatic rings. The number of rotatable bonds is 5. The van der Waals surface area contributed by atoms with E-state index in [0.717, 1.165) is 43.3 Å². The molecular weight excluding hydrogens is 256 g/mol. The first kappa shape index (κ1) is 13.2. The van der Waals surface area contributed by atoms with E-state index < -0.39 is 10.1 Å². The molecule has 0 atom stereocenters. The predicted molar refractivity (Wildman–Crippen MR) is 65.0 cm³/mol. The van der Waals surface area contributed by atoms with Crippen LogP contribution in [-0.4, -0.2) is 37.9 Å². The van der Waals surface area contributed by atoms with Crippen LogP contribution in [0.15, 0.2) is 6.20 Å². The molecule has 1 aliphatic rings. The lowest BCUT2D eigenvalue weighted by Crippen LogP contribution is -2.13. The molecule has 0 unspecified atom stereocenters. The van der Waals surface area contributed by atoms with Crippen LogP contribution in [-0.2, 0) is 27.1 Å². The smallest absolute Gasteiger partial charge is 0.264 e. The van der Waals surface area contributed by atoms with Crippen molar-refractivity contribution in [2.24, 2.45) is 0 Å². The molecule has 1 aromatic heterocycles. The monoisotopic (exact) mass is 272 g/mol. The van der Waals surface area contributed by atoms with Crippen molar-refractivity contribution in [1.82, 2.24) is 9.97 Å². The second-order valence-electron chi connectivity index (χ2n) is 4.18. The van der Waals surface area contributed by atoms with Gasteiger partial charge in [-0.15, -0.1) is 0 Å². The zero-order valence-electron chi connectivity index (χ0n) is 10.3. The Morgan fingerprint density at radius 2 is 1.94 bits per heavy atom. The number of fused-ring (bicyclic) bond motifs is 1. The summed E-state index contributed by atoms with van der Waals surface area (Å²) >= 11 is 0. The van der Waals surface area contributed by atoms with Crippen LogP contribution >= 0.6 is 0 Å². The molecular formula is C11H16N2O4S. The van der Waals surface area contributed by atoms with Gasteiger partial charge in [-0.1, -0.05) is 0 Å². The van der Waals surface area contributed by atoms with Crippen molar-refractivity contribution < 1.29 is 17.3 Å². The van der Waals surface area contributed by atoms with Gasteiger partial charge >= 0.3 is 0 Å². The van der Waals surface area contributed by atoms with Gasteiger partial charge in [0.2, 0.25) is 5.88 Å². The summed E-state index contributed by atoms with van der Waals surface area (Å²) in [7, 11) is -3.41. The second kappa shape index (κ2) is 5.62. The summed E-state index contributed by atoms with van der Waals surface area (Å²) in [6.45, 7) is 0.123. The fraction of sp³-hybridized carbons (Fsp3) is 0.636. The lowest BCUT2D eigenvalue weighted by Gasteiger charge is -2.14. The molecule has 0 amide bonds. The Morgan fingerprint density at radius 1 is 1.22 bits per heavy atom. The summed E-state index contributed by atoms with van der Waals surface area (Å²) in [6, 6.07) is 0. The van der Waals surface area contributed by atoms with Gasteiger partial charge in [-0.25, -0.2) is 4.98 Å². The molecule has 0 bridgehead atoms. The minimum atomic E-state index is -3.41. The Kier molecular flexibility index (Phi) is 4.13. The van der Waals surface area contributed by atoms with Gasteiger partial charge in [0.1, 0.15) is 13.2 Å². The largest absolute Gasteiger partial charge is 0.474 e. The third-order valence-electron chi connectivity index (χ3n) is 2.62. The summed E-state index contributed by atoms with van der Waals surface area (Å²) in [6.07, 6.45) is 6.77. The lowest BCUT2D eigenvalue weighted by molar-refractivity contribution is 0.216. The van der Waals surface area contributed by atoms with E-state index in [1.807, 2.05) is 0 Å². The molecule has 7 heteroatoms. The number of hydrogen-bond acceptors (Lipinski definition) is 6. The number of ether oxygens (including phenoxy) is 1. The highest BCUT2D eigenvalue weighted by molar-refractivity contribution is 7.85. The van der Waals surface area contributed by atoms with E-state index in [4.69, 9.17) is 4.74 Å². The van der Waals surface area contributed by atoms with E-state index in [-0.39, 0.29) is 13.2 Å². The first-order valence-electron chi connectivity index (χ1n) is 5.86. The molecule has 0 N–H and O–H groups in total. The Bertz CT molecular complexity index is 516. The first-order valence-corrected chi connectivity index (χ1v) is 7.68. The van der Waals surface area contributed by atoms with E-state index in [1.54, 1.807) is 6.20 Å². The highest BCUT2D eigenvalue weighted by atomic mass is 32.2. The molecule has 2 rings (SSSR count). The van der Waals surface area contributed by atoms with Gasteiger partial charge in [-0.3, -0.25) is 9.17 Å².